The number of aromatic nitrogens is 4. The van der Waals surface area contributed by atoms with Crippen molar-refractivity contribution in [3.05, 3.63) is 46.0 Å². The van der Waals surface area contributed by atoms with Gasteiger partial charge in [0.15, 0.2) is 11.2 Å². The van der Waals surface area contributed by atoms with E-state index in [4.69, 9.17) is 16.6 Å². The van der Waals surface area contributed by atoms with Crippen LogP contribution in [0.15, 0.2) is 35.4 Å². The molecule has 0 radical (unpaired) electrons. The number of fused-ring (bicyclic) bond motifs is 1. The van der Waals surface area contributed by atoms with Crippen LogP contribution in [-0.2, 0) is 6.54 Å². The molecule has 7 heteroatoms. The summed E-state index contributed by atoms with van der Waals surface area (Å²) in [4.78, 5) is 22.3. The molecule has 2 aromatic heterocycles. The highest BCUT2D eigenvalue weighted by atomic mass is 35.5. The van der Waals surface area contributed by atoms with Gasteiger partial charge in [-0.25, -0.2) is 9.55 Å². The highest BCUT2D eigenvalue weighted by Gasteiger charge is 2.18. The highest BCUT2D eigenvalue weighted by molar-refractivity contribution is 6.30. The number of anilines is 1. The molecule has 28 heavy (non-hydrogen) atoms. The van der Waals surface area contributed by atoms with Crippen molar-refractivity contribution in [1.29, 1.82) is 0 Å². The number of nitrogens with one attached hydrogen (secondary N) is 1. The fourth-order valence-corrected chi connectivity index (χ4v) is 4.17. The fraction of sp³-hybridized carbons (Fsp3) is 0.476. The highest BCUT2D eigenvalue weighted by Crippen LogP contribution is 2.26. The largest absolute Gasteiger partial charge is 0.355 e. The molecule has 1 aliphatic rings. The van der Waals surface area contributed by atoms with E-state index in [1.807, 2.05) is 23.6 Å². The summed E-state index contributed by atoms with van der Waals surface area (Å²) in [5, 5.41) is 4.06. The lowest BCUT2D eigenvalue weighted by Crippen LogP contribution is -2.25. The van der Waals surface area contributed by atoms with Crippen LogP contribution in [0.5, 0.6) is 0 Å². The molecule has 2 heterocycles. The Morgan fingerprint density at radius 1 is 1.18 bits per heavy atom. The minimum atomic E-state index is -0.167. The standard InChI is InChI=1S/C21H26ClN5O/c1-2-26-14-24-18-19(26)25-21(23-13-12-15-6-4-3-5-7-15)27(20(18)28)17-10-8-16(22)9-11-17/h8-11,14-15H,2-7,12-13H2,1H3,(H,23,25). The average Bonchev–Trinajstić information content (AvgIpc) is 3.13. The van der Waals surface area contributed by atoms with Crippen LogP contribution in [0.3, 0.4) is 0 Å². The van der Waals surface area contributed by atoms with E-state index in [2.05, 4.69) is 10.3 Å². The van der Waals surface area contributed by atoms with E-state index in [1.165, 1.54) is 32.1 Å². The lowest BCUT2D eigenvalue weighted by molar-refractivity contribution is 0.345. The fourth-order valence-electron chi connectivity index (χ4n) is 4.04. The van der Waals surface area contributed by atoms with Crippen molar-refractivity contribution >= 4 is 28.7 Å². The Bertz CT molecular complexity index is 1000. The Morgan fingerprint density at radius 2 is 1.93 bits per heavy atom. The summed E-state index contributed by atoms with van der Waals surface area (Å²) in [7, 11) is 0. The molecule has 0 bridgehead atoms. The third-order valence-electron chi connectivity index (χ3n) is 5.63. The zero-order valence-corrected chi connectivity index (χ0v) is 17.0. The van der Waals surface area contributed by atoms with Gasteiger partial charge in [-0.15, -0.1) is 0 Å². The second-order valence-corrected chi connectivity index (χ2v) is 7.91. The van der Waals surface area contributed by atoms with Gasteiger partial charge in [0.05, 0.1) is 12.0 Å². The van der Waals surface area contributed by atoms with Crippen LogP contribution >= 0.6 is 11.6 Å². The van der Waals surface area contributed by atoms with E-state index >= 15 is 0 Å². The second kappa shape index (κ2) is 8.35. The maximum absolute atomic E-state index is 13.2. The predicted molar refractivity (Wildman–Crippen MR) is 113 cm³/mol. The van der Waals surface area contributed by atoms with Crippen molar-refractivity contribution in [3.63, 3.8) is 0 Å². The zero-order chi connectivity index (χ0) is 19.5. The van der Waals surface area contributed by atoms with Crippen LogP contribution in [0, 0.1) is 5.92 Å². The summed E-state index contributed by atoms with van der Waals surface area (Å²) in [6.07, 6.45) is 9.42. The van der Waals surface area contributed by atoms with Gasteiger partial charge in [0.25, 0.3) is 5.56 Å². The Balaban J connectivity index is 1.70. The summed E-state index contributed by atoms with van der Waals surface area (Å²) < 4.78 is 3.50. The van der Waals surface area contributed by atoms with Crippen LogP contribution in [0.25, 0.3) is 16.9 Å². The maximum Gasteiger partial charge on any atom is 0.287 e. The van der Waals surface area contributed by atoms with E-state index in [1.54, 1.807) is 23.0 Å². The van der Waals surface area contributed by atoms with Crippen molar-refractivity contribution in [3.8, 4) is 5.69 Å². The smallest absolute Gasteiger partial charge is 0.287 e. The summed E-state index contributed by atoms with van der Waals surface area (Å²) in [5.41, 5.74) is 1.57. The summed E-state index contributed by atoms with van der Waals surface area (Å²) in [6.45, 7) is 3.54. The number of rotatable bonds is 6. The van der Waals surface area contributed by atoms with E-state index in [0.717, 1.165) is 31.1 Å². The van der Waals surface area contributed by atoms with Crippen molar-refractivity contribution < 1.29 is 0 Å². The van der Waals surface area contributed by atoms with Gasteiger partial charge in [0, 0.05) is 18.1 Å². The van der Waals surface area contributed by atoms with Gasteiger partial charge in [-0.3, -0.25) is 4.79 Å². The van der Waals surface area contributed by atoms with Crippen LogP contribution in [0.4, 0.5) is 5.95 Å². The molecular weight excluding hydrogens is 374 g/mol. The van der Waals surface area contributed by atoms with Crippen LogP contribution in [0.1, 0.15) is 45.4 Å². The predicted octanol–water partition coefficient (Wildman–Crippen LogP) is 4.64. The van der Waals surface area contributed by atoms with Crippen molar-refractivity contribution in [2.75, 3.05) is 11.9 Å². The lowest BCUT2D eigenvalue weighted by atomic mass is 9.87. The number of benzene rings is 1. The monoisotopic (exact) mass is 399 g/mol. The summed E-state index contributed by atoms with van der Waals surface area (Å²) in [6, 6.07) is 7.23. The number of hydrogen-bond acceptors (Lipinski definition) is 4. The molecule has 0 saturated heterocycles. The Labute approximate surface area is 169 Å². The minimum Gasteiger partial charge on any atom is -0.355 e. The van der Waals surface area contributed by atoms with Gasteiger partial charge in [-0.05, 0) is 43.5 Å². The number of imidazole rings is 1. The molecule has 4 rings (SSSR count). The Morgan fingerprint density at radius 3 is 2.64 bits per heavy atom. The number of hydrogen-bond donors (Lipinski definition) is 1. The minimum absolute atomic E-state index is 0.167. The molecule has 1 aromatic carbocycles. The first kappa shape index (κ1) is 19.0. The third kappa shape index (κ3) is 3.78. The zero-order valence-electron chi connectivity index (χ0n) is 16.2. The molecule has 0 unspecified atom stereocenters. The maximum atomic E-state index is 13.2. The van der Waals surface area contributed by atoms with Gasteiger partial charge in [-0.2, -0.15) is 4.98 Å². The molecule has 0 aliphatic heterocycles. The normalized spacial score (nSPS) is 15.2. The number of nitrogens with zero attached hydrogens (tertiary/aromatic N) is 4. The first-order chi connectivity index (χ1) is 13.7. The quantitative estimate of drug-likeness (QED) is 0.655. The van der Waals surface area contributed by atoms with Crippen LogP contribution in [-0.4, -0.2) is 25.6 Å². The number of aryl methyl sites for hydroxylation is 1. The SMILES string of the molecule is CCn1cnc2c(=O)n(-c3ccc(Cl)cc3)c(NCCC3CCCCC3)nc21. The average molecular weight is 400 g/mol. The Hall–Kier alpha value is -2.34. The third-order valence-corrected chi connectivity index (χ3v) is 5.88. The van der Waals surface area contributed by atoms with Crippen LogP contribution in [0.2, 0.25) is 5.02 Å². The molecule has 1 N–H and O–H groups in total. The van der Waals surface area contributed by atoms with E-state index in [0.29, 0.717) is 22.1 Å². The first-order valence-corrected chi connectivity index (χ1v) is 10.5. The molecule has 1 saturated carbocycles. The molecular formula is C21H26ClN5O. The van der Waals surface area contributed by atoms with Gasteiger partial charge < -0.3 is 9.88 Å². The molecule has 1 fully saturated rings. The molecule has 6 nitrogen and oxygen atoms in total. The van der Waals surface area contributed by atoms with Crippen LogP contribution < -0.4 is 10.9 Å². The van der Waals surface area contributed by atoms with Crippen molar-refractivity contribution in [2.24, 2.45) is 5.92 Å². The molecule has 0 spiro atoms. The molecule has 148 valence electrons. The van der Waals surface area contributed by atoms with E-state index in [9.17, 15) is 4.79 Å². The molecule has 0 atom stereocenters. The molecule has 3 aromatic rings. The van der Waals surface area contributed by atoms with Gasteiger partial charge in [-0.1, -0.05) is 43.7 Å². The first-order valence-electron chi connectivity index (χ1n) is 10.1. The van der Waals surface area contributed by atoms with E-state index in [-0.39, 0.29) is 5.56 Å². The Kier molecular flexibility index (Phi) is 5.67. The summed E-state index contributed by atoms with van der Waals surface area (Å²) in [5.74, 6) is 1.33. The number of halogens is 1. The van der Waals surface area contributed by atoms with E-state index < -0.39 is 0 Å². The topological polar surface area (TPSA) is 64.7 Å². The summed E-state index contributed by atoms with van der Waals surface area (Å²) >= 11 is 6.03. The molecule has 0 amide bonds. The second-order valence-electron chi connectivity index (χ2n) is 7.47. The molecule has 1 aliphatic carbocycles. The lowest BCUT2D eigenvalue weighted by Gasteiger charge is -2.22. The van der Waals surface area contributed by atoms with Gasteiger partial charge in [0.2, 0.25) is 5.95 Å². The van der Waals surface area contributed by atoms with Gasteiger partial charge in [0.1, 0.15) is 0 Å². The van der Waals surface area contributed by atoms with Gasteiger partial charge >= 0.3 is 0 Å². The van der Waals surface area contributed by atoms with Crippen molar-refractivity contribution in [2.45, 2.75) is 52.0 Å². The van der Waals surface area contributed by atoms with Crippen molar-refractivity contribution in [1.82, 2.24) is 19.1 Å².